The summed E-state index contributed by atoms with van der Waals surface area (Å²) in [5.41, 5.74) is -1.44. The second-order valence-corrected chi connectivity index (χ2v) is 6.68. The van der Waals surface area contributed by atoms with Crippen molar-refractivity contribution in [1.29, 1.82) is 0 Å². The van der Waals surface area contributed by atoms with E-state index < -0.39 is 33.9 Å². The summed E-state index contributed by atoms with van der Waals surface area (Å²) in [6.07, 6.45) is -0.0359. The number of hydrogen-bond donors (Lipinski definition) is 1. The number of carbonyl (C=O) groups excluding carboxylic acids is 1. The minimum absolute atomic E-state index is 0.0541. The van der Waals surface area contributed by atoms with E-state index in [1.807, 2.05) is 0 Å². The van der Waals surface area contributed by atoms with Crippen LogP contribution < -0.4 is 20.7 Å². The van der Waals surface area contributed by atoms with E-state index in [0.29, 0.717) is 10.2 Å². The molecule has 1 atom stereocenters. The van der Waals surface area contributed by atoms with Gasteiger partial charge >= 0.3 is 17.3 Å². The van der Waals surface area contributed by atoms with Gasteiger partial charge in [-0.3, -0.25) is 14.9 Å². The minimum Gasteiger partial charge on any atom is -0.493 e. The Kier molecular flexibility index (Phi) is 6.86. The number of ether oxygens (including phenoxy) is 3. The van der Waals surface area contributed by atoms with Gasteiger partial charge in [0.25, 0.3) is 5.56 Å². The third-order valence-corrected chi connectivity index (χ3v) is 4.49. The summed E-state index contributed by atoms with van der Waals surface area (Å²) < 4.78 is 16.1. The van der Waals surface area contributed by atoms with Crippen molar-refractivity contribution >= 4 is 28.8 Å². The molecule has 1 N–H and O–H groups in total. The Labute approximate surface area is 186 Å². The van der Waals surface area contributed by atoms with E-state index in [2.05, 4.69) is 10.1 Å². The molecule has 3 aromatic rings. The average Bonchev–Trinajstić information content (AvgIpc) is 2.79. The maximum Gasteiger partial charge on any atom is 0.349 e. The third kappa shape index (κ3) is 4.89. The molecule has 0 saturated carbocycles. The van der Waals surface area contributed by atoms with Gasteiger partial charge in [-0.2, -0.15) is 5.10 Å². The fourth-order valence-electron chi connectivity index (χ4n) is 2.96. The number of nitro benzene ring substituents is 1. The highest BCUT2D eigenvalue weighted by Crippen LogP contribution is 2.38. The van der Waals surface area contributed by atoms with E-state index in [1.165, 1.54) is 26.2 Å². The van der Waals surface area contributed by atoms with Crippen molar-refractivity contribution in [1.82, 2.24) is 9.66 Å². The van der Waals surface area contributed by atoms with Crippen molar-refractivity contribution in [2.24, 2.45) is 5.10 Å². The summed E-state index contributed by atoms with van der Waals surface area (Å²) in [6, 6.07) is 8.88. The first-order valence-electron chi connectivity index (χ1n) is 9.75. The lowest BCUT2D eigenvalue weighted by molar-refractivity contribution is -0.386. The predicted octanol–water partition coefficient (Wildman–Crippen LogP) is 1.82. The van der Waals surface area contributed by atoms with Crippen molar-refractivity contribution < 1.29 is 23.9 Å². The number of fused-ring (bicyclic) bond motifs is 1. The van der Waals surface area contributed by atoms with E-state index in [9.17, 15) is 24.5 Å². The molecule has 1 aromatic heterocycles. The smallest absolute Gasteiger partial charge is 0.349 e. The van der Waals surface area contributed by atoms with Gasteiger partial charge in [0.15, 0.2) is 11.9 Å². The lowest BCUT2D eigenvalue weighted by Crippen LogP contribution is -2.32. The monoisotopic (exact) mass is 456 g/mol. The van der Waals surface area contributed by atoms with Crippen molar-refractivity contribution in [2.45, 2.75) is 20.0 Å². The van der Waals surface area contributed by atoms with Gasteiger partial charge in [0, 0.05) is 11.6 Å². The highest BCUT2D eigenvalue weighted by atomic mass is 16.6. The lowest BCUT2D eigenvalue weighted by atomic mass is 10.2. The molecule has 2 aromatic carbocycles. The first kappa shape index (κ1) is 23.2. The van der Waals surface area contributed by atoms with Crippen LogP contribution >= 0.6 is 0 Å². The Morgan fingerprint density at radius 2 is 2.03 bits per heavy atom. The number of carbonyl (C=O) groups is 1. The molecule has 12 nitrogen and oxygen atoms in total. The number of H-pyrrole nitrogens is 1. The molecule has 0 amide bonds. The Balaban J connectivity index is 2.04. The van der Waals surface area contributed by atoms with Crippen LogP contribution in [-0.4, -0.2) is 46.6 Å². The van der Waals surface area contributed by atoms with Crippen LogP contribution in [0.5, 0.6) is 11.5 Å². The zero-order valence-corrected chi connectivity index (χ0v) is 17.9. The second kappa shape index (κ2) is 9.77. The number of nitrogens with zero attached hydrogens (tertiary/aromatic N) is 3. The van der Waals surface area contributed by atoms with E-state index in [4.69, 9.17) is 14.2 Å². The SMILES string of the molecule is CCOC(=O)[C@H](C)Oc1c(OC)cc(C=Nn2c(=O)[nH]c3ccccc3c2=O)cc1[N+](=O)[O-]. The van der Waals surface area contributed by atoms with Gasteiger partial charge in [0.05, 0.1) is 35.8 Å². The molecular formula is C21H20N4O8. The number of para-hydroxylation sites is 1. The largest absolute Gasteiger partial charge is 0.493 e. The summed E-state index contributed by atoms with van der Waals surface area (Å²) in [4.78, 5) is 50.2. The van der Waals surface area contributed by atoms with Crippen molar-refractivity contribution in [3.63, 3.8) is 0 Å². The van der Waals surface area contributed by atoms with Crippen LogP contribution in [0.4, 0.5) is 5.69 Å². The number of rotatable bonds is 8. The van der Waals surface area contributed by atoms with Gasteiger partial charge in [-0.15, -0.1) is 4.68 Å². The Hall–Kier alpha value is -4.48. The van der Waals surface area contributed by atoms with E-state index >= 15 is 0 Å². The zero-order valence-electron chi connectivity index (χ0n) is 17.9. The van der Waals surface area contributed by atoms with Gasteiger partial charge in [0.1, 0.15) is 0 Å². The molecule has 0 spiro atoms. The number of nitro groups is 1. The Morgan fingerprint density at radius 1 is 1.30 bits per heavy atom. The third-order valence-electron chi connectivity index (χ3n) is 4.49. The van der Waals surface area contributed by atoms with Crippen LogP contribution in [0, 0.1) is 10.1 Å². The number of hydrogen-bond acceptors (Lipinski definition) is 9. The molecule has 0 bridgehead atoms. The summed E-state index contributed by atoms with van der Waals surface area (Å²) in [5, 5.41) is 15.8. The molecule has 0 aliphatic rings. The van der Waals surface area contributed by atoms with Gasteiger partial charge in [-0.1, -0.05) is 12.1 Å². The normalized spacial score (nSPS) is 12.0. The van der Waals surface area contributed by atoms with Crippen LogP contribution in [0.25, 0.3) is 10.9 Å². The lowest BCUT2D eigenvalue weighted by Gasteiger charge is -2.16. The molecule has 0 unspecified atom stereocenters. The van der Waals surface area contributed by atoms with E-state index in [1.54, 1.807) is 25.1 Å². The molecule has 172 valence electrons. The van der Waals surface area contributed by atoms with E-state index in [-0.39, 0.29) is 29.1 Å². The number of nitrogens with one attached hydrogen (secondary N) is 1. The van der Waals surface area contributed by atoms with Crippen LogP contribution in [0.1, 0.15) is 19.4 Å². The molecular weight excluding hydrogens is 436 g/mol. The zero-order chi connectivity index (χ0) is 24.1. The van der Waals surface area contributed by atoms with Crippen LogP contribution in [0.3, 0.4) is 0 Å². The maximum atomic E-state index is 12.6. The standard InChI is InChI=1S/C21H20N4O8/c1-4-32-20(27)12(2)33-18-16(25(29)30)9-13(10-17(18)31-3)11-22-24-19(26)14-7-5-6-8-15(14)23-21(24)28/h5-12H,4H2,1-3H3,(H,23,28)/t12-/m0/s1. The number of aromatic amines is 1. The summed E-state index contributed by atoms with van der Waals surface area (Å²) in [6.45, 7) is 3.12. The Morgan fingerprint density at radius 3 is 2.70 bits per heavy atom. The van der Waals surface area contributed by atoms with Gasteiger partial charge < -0.3 is 19.2 Å². The van der Waals surface area contributed by atoms with Gasteiger partial charge in [0.2, 0.25) is 5.75 Å². The quantitative estimate of drug-likeness (QED) is 0.233. The molecule has 33 heavy (non-hydrogen) atoms. The van der Waals surface area contributed by atoms with E-state index in [0.717, 1.165) is 12.3 Å². The molecule has 12 heteroatoms. The summed E-state index contributed by atoms with van der Waals surface area (Å²) >= 11 is 0. The highest BCUT2D eigenvalue weighted by molar-refractivity contribution is 5.84. The predicted molar refractivity (Wildman–Crippen MR) is 118 cm³/mol. The first-order chi connectivity index (χ1) is 15.8. The maximum absolute atomic E-state index is 12.6. The van der Waals surface area contributed by atoms with Crippen LogP contribution in [-0.2, 0) is 9.53 Å². The molecule has 0 aliphatic heterocycles. The highest BCUT2D eigenvalue weighted by Gasteiger charge is 2.27. The van der Waals surface area contributed by atoms with Gasteiger partial charge in [-0.05, 0) is 32.0 Å². The second-order valence-electron chi connectivity index (χ2n) is 6.68. The molecule has 0 fully saturated rings. The summed E-state index contributed by atoms with van der Waals surface area (Å²) in [5.74, 6) is -1.03. The molecule has 1 heterocycles. The fourth-order valence-corrected chi connectivity index (χ4v) is 2.96. The number of methoxy groups -OCH3 is 1. The fraction of sp³-hybridized carbons (Fsp3) is 0.238. The molecule has 0 radical (unpaired) electrons. The molecule has 0 aliphatic carbocycles. The van der Waals surface area contributed by atoms with Crippen molar-refractivity contribution in [3.8, 4) is 11.5 Å². The van der Waals surface area contributed by atoms with Crippen LogP contribution in [0.2, 0.25) is 0 Å². The van der Waals surface area contributed by atoms with Crippen molar-refractivity contribution in [3.05, 3.63) is 72.9 Å². The average molecular weight is 456 g/mol. The van der Waals surface area contributed by atoms with Gasteiger partial charge in [-0.25, -0.2) is 9.59 Å². The molecule has 0 saturated heterocycles. The molecule has 3 rings (SSSR count). The Bertz CT molecular complexity index is 1360. The number of benzene rings is 2. The topological polar surface area (TPSA) is 155 Å². The van der Waals surface area contributed by atoms with Crippen LogP contribution in [0.15, 0.2) is 51.1 Å². The summed E-state index contributed by atoms with van der Waals surface area (Å²) in [7, 11) is 1.26. The number of aromatic nitrogens is 2. The minimum atomic E-state index is -1.13. The van der Waals surface area contributed by atoms with Crippen molar-refractivity contribution in [2.75, 3.05) is 13.7 Å². The first-order valence-corrected chi connectivity index (χ1v) is 9.75. The number of esters is 1.